The summed E-state index contributed by atoms with van der Waals surface area (Å²) in [6.07, 6.45) is 0. The monoisotopic (exact) mass is 345 g/mol. The van der Waals surface area contributed by atoms with Crippen molar-refractivity contribution in [2.45, 2.75) is 6.92 Å². The number of ether oxygens (including phenoxy) is 1. The summed E-state index contributed by atoms with van der Waals surface area (Å²) in [5.41, 5.74) is 16.5. The molecular formula is C20H19N5O. The molecule has 0 bridgehead atoms. The van der Waals surface area contributed by atoms with Crippen molar-refractivity contribution < 1.29 is 4.74 Å². The van der Waals surface area contributed by atoms with Crippen LogP contribution in [0.25, 0.3) is 28.0 Å². The van der Waals surface area contributed by atoms with Crippen molar-refractivity contribution in [1.29, 1.82) is 0 Å². The summed E-state index contributed by atoms with van der Waals surface area (Å²) in [5.74, 6) is 2.61. The molecule has 0 saturated carbocycles. The number of hydrogen-bond donors (Lipinski definition) is 2. The Hall–Kier alpha value is -3.54. The highest BCUT2D eigenvalue weighted by Crippen LogP contribution is 2.33. The molecule has 6 nitrogen and oxygen atoms in total. The molecular weight excluding hydrogens is 326 g/mol. The van der Waals surface area contributed by atoms with Gasteiger partial charge in [0.2, 0.25) is 0 Å². The number of hydrogen-bond acceptors (Lipinski definition) is 5. The van der Waals surface area contributed by atoms with E-state index in [-0.39, 0.29) is 0 Å². The van der Waals surface area contributed by atoms with Gasteiger partial charge in [-0.25, -0.2) is 9.97 Å². The Morgan fingerprint density at radius 3 is 2.42 bits per heavy atom. The van der Waals surface area contributed by atoms with Gasteiger partial charge in [-0.15, -0.1) is 0 Å². The summed E-state index contributed by atoms with van der Waals surface area (Å²) in [6, 6.07) is 17.6. The normalized spacial score (nSPS) is 11.0. The lowest BCUT2D eigenvalue weighted by Crippen LogP contribution is -2.06. The van der Waals surface area contributed by atoms with Gasteiger partial charge in [-0.05, 0) is 42.8 Å². The van der Waals surface area contributed by atoms with Gasteiger partial charge in [0.25, 0.3) is 0 Å². The van der Waals surface area contributed by atoms with Crippen LogP contribution in [-0.2, 0) is 0 Å². The molecule has 0 aliphatic heterocycles. The maximum atomic E-state index is 6.21. The number of nitrogens with two attached hydrogens (primary N) is 2. The van der Waals surface area contributed by atoms with Crippen LogP contribution in [0, 0.1) is 6.92 Å². The summed E-state index contributed by atoms with van der Waals surface area (Å²) in [5, 5.41) is 0. The quantitative estimate of drug-likeness (QED) is 0.592. The second-order valence-corrected chi connectivity index (χ2v) is 6.04. The number of pyridine rings is 1. The summed E-state index contributed by atoms with van der Waals surface area (Å²) in [6.45, 7) is 1.95. The molecule has 4 rings (SSSR count). The van der Waals surface area contributed by atoms with E-state index in [9.17, 15) is 0 Å². The van der Waals surface area contributed by atoms with Crippen LogP contribution in [0.2, 0.25) is 0 Å². The summed E-state index contributed by atoms with van der Waals surface area (Å²) >= 11 is 0. The summed E-state index contributed by atoms with van der Waals surface area (Å²) in [4.78, 5) is 9.10. The van der Waals surface area contributed by atoms with Crippen LogP contribution in [0.5, 0.6) is 5.75 Å². The van der Waals surface area contributed by atoms with Crippen LogP contribution in [0.4, 0.5) is 11.5 Å². The van der Waals surface area contributed by atoms with Crippen molar-refractivity contribution in [3.63, 3.8) is 0 Å². The van der Waals surface area contributed by atoms with Crippen molar-refractivity contribution in [3.05, 3.63) is 60.4 Å². The Bertz CT molecular complexity index is 1100. The third-order valence-corrected chi connectivity index (χ3v) is 4.43. The Morgan fingerprint density at radius 2 is 1.69 bits per heavy atom. The number of aryl methyl sites for hydroxylation is 1. The molecule has 2 aromatic carbocycles. The number of aromatic nitrogens is 3. The van der Waals surface area contributed by atoms with Gasteiger partial charge in [0, 0.05) is 5.56 Å². The molecule has 4 aromatic rings. The third-order valence-electron chi connectivity index (χ3n) is 4.43. The minimum Gasteiger partial charge on any atom is -0.497 e. The van der Waals surface area contributed by atoms with Gasteiger partial charge in [-0.1, -0.05) is 24.3 Å². The van der Waals surface area contributed by atoms with E-state index in [4.69, 9.17) is 16.2 Å². The Morgan fingerprint density at radius 1 is 0.962 bits per heavy atom. The molecule has 0 amide bonds. The SMILES string of the molecule is COc1ccc(-c2cc(-n3c(C)nc4ccccc43)nc(N)c2N)cc1. The molecule has 4 N–H and O–H groups in total. The van der Waals surface area contributed by atoms with Crippen molar-refractivity contribution in [3.8, 4) is 22.7 Å². The molecule has 2 heterocycles. The topological polar surface area (TPSA) is 92.0 Å². The van der Waals surface area contributed by atoms with E-state index in [1.165, 1.54) is 0 Å². The van der Waals surface area contributed by atoms with E-state index >= 15 is 0 Å². The minimum absolute atomic E-state index is 0.297. The molecule has 26 heavy (non-hydrogen) atoms. The first kappa shape index (κ1) is 16.0. The lowest BCUT2D eigenvalue weighted by molar-refractivity contribution is 0.415. The number of benzene rings is 2. The van der Waals surface area contributed by atoms with E-state index in [0.717, 1.165) is 33.7 Å². The highest BCUT2D eigenvalue weighted by Gasteiger charge is 2.15. The van der Waals surface area contributed by atoms with Gasteiger partial charge in [-0.2, -0.15) is 0 Å². The largest absolute Gasteiger partial charge is 0.497 e. The summed E-state index contributed by atoms with van der Waals surface area (Å²) < 4.78 is 7.21. The standard InChI is InChI=1S/C20H19N5O/c1-12-23-16-5-3-4-6-17(16)25(12)18-11-15(19(21)20(22)24-18)13-7-9-14(26-2)10-8-13/h3-11H,21H2,1-2H3,(H2,22,24). The summed E-state index contributed by atoms with van der Waals surface area (Å²) in [7, 11) is 1.64. The Kier molecular flexibility index (Phi) is 3.73. The molecule has 0 fully saturated rings. The van der Waals surface area contributed by atoms with Gasteiger partial charge in [0.05, 0.1) is 23.8 Å². The van der Waals surface area contributed by atoms with E-state index in [0.29, 0.717) is 17.3 Å². The van der Waals surface area contributed by atoms with Crippen molar-refractivity contribution in [2.24, 2.45) is 0 Å². The van der Waals surface area contributed by atoms with Gasteiger partial charge < -0.3 is 16.2 Å². The number of imidazole rings is 1. The molecule has 0 atom stereocenters. The number of methoxy groups -OCH3 is 1. The molecule has 0 spiro atoms. The first-order valence-corrected chi connectivity index (χ1v) is 8.23. The average molecular weight is 345 g/mol. The highest BCUT2D eigenvalue weighted by atomic mass is 16.5. The number of nitrogen functional groups attached to an aromatic ring is 2. The van der Waals surface area contributed by atoms with E-state index < -0.39 is 0 Å². The predicted octanol–water partition coefficient (Wildman–Crippen LogP) is 3.57. The molecule has 0 aliphatic rings. The molecule has 0 radical (unpaired) electrons. The highest BCUT2D eigenvalue weighted by molar-refractivity contribution is 5.85. The first-order chi connectivity index (χ1) is 12.6. The van der Waals surface area contributed by atoms with Crippen LogP contribution in [0.3, 0.4) is 0 Å². The predicted molar refractivity (Wildman–Crippen MR) is 104 cm³/mol. The zero-order valence-corrected chi connectivity index (χ0v) is 14.6. The van der Waals surface area contributed by atoms with Gasteiger partial charge in [0.15, 0.2) is 0 Å². The number of para-hydroxylation sites is 2. The Balaban J connectivity index is 1.93. The number of fused-ring (bicyclic) bond motifs is 1. The molecule has 0 aliphatic carbocycles. The van der Waals surface area contributed by atoms with Crippen LogP contribution < -0.4 is 16.2 Å². The van der Waals surface area contributed by atoms with Crippen molar-refractivity contribution in [1.82, 2.24) is 14.5 Å². The smallest absolute Gasteiger partial charge is 0.149 e. The second kappa shape index (κ2) is 6.07. The third kappa shape index (κ3) is 2.52. The first-order valence-electron chi connectivity index (χ1n) is 8.23. The van der Waals surface area contributed by atoms with E-state index in [1.54, 1.807) is 7.11 Å². The maximum absolute atomic E-state index is 6.21. The van der Waals surface area contributed by atoms with Crippen LogP contribution in [0.1, 0.15) is 5.82 Å². The zero-order chi connectivity index (χ0) is 18.3. The lowest BCUT2D eigenvalue weighted by Gasteiger charge is -2.13. The van der Waals surface area contributed by atoms with E-state index in [2.05, 4.69) is 9.97 Å². The number of nitrogens with zero attached hydrogens (tertiary/aromatic N) is 3. The van der Waals surface area contributed by atoms with Gasteiger partial charge in [-0.3, -0.25) is 4.57 Å². The second-order valence-electron chi connectivity index (χ2n) is 6.04. The van der Waals surface area contributed by atoms with Crippen molar-refractivity contribution in [2.75, 3.05) is 18.6 Å². The van der Waals surface area contributed by atoms with Gasteiger partial charge in [0.1, 0.15) is 23.2 Å². The molecule has 6 heteroatoms. The fraction of sp³-hybridized carbons (Fsp3) is 0.100. The fourth-order valence-corrected chi connectivity index (χ4v) is 3.12. The Labute approximate surface area is 151 Å². The molecule has 0 unspecified atom stereocenters. The van der Waals surface area contributed by atoms with E-state index in [1.807, 2.05) is 66.1 Å². The zero-order valence-electron chi connectivity index (χ0n) is 14.6. The lowest BCUT2D eigenvalue weighted by atomic mass is 10.0. The molecule has 130 valence electrons. The molecule has 2 aromatic heterocycles. The fourth-order valence-electron chi connectivity index (χ4n) is 3.12. The van der Waals surface area contributed by atoms with Crippen LogP contribution in [0.15, 0.2) is 54.6 Å². The van der Waals surface area contributed by atoms with Gasteiger partial charge >= 0.3 is 0 Å². The van der Waals surface area contributed by atoms with Crippen LogP contribution >= 0.6 is 0 Å². The maximum Gasteiger partial charge on any atom is 0.149 e. The number of anilines is 2. The molecule has 0 saturated heterocycles. The average Bonchev–Trinajstić information content (AvgIpc) is 3.00. The van der Waals surface area contributed by atoms with Crippen LogP contribution in [-0.4, -0.2) is 21.6 Å². The van der Waals surface area contributed by atoms with Crippen molar-refractivity contribution >= 4 is 22.5 Å². The minimum atomic E-state index is 0.297. The number of rotatable bonds is 3.